The first kappa shape index (κ1) is 9.97. The van der Waals surface area contributed by atoms with Crippen molar-refractivity contribution in [3.05, 3.63) is 41.5 Å². The molecule has 1 N–H and O–H groups in total. The number of hydrogen-bond donors (Lipinski definition) is 1. The summed E-state index contributed by atoms with van der Waals surface area (Å²) in [6.07, 6.45) is 3.49. The van der Waals surface area contributed by atoms with E-state index in [9.17, 15) is 9.90 Å². The molecule has 0 aliphatic heterocycles. The SMILES string of the molecule is CC1=CCCC(=O)C1c1ccccc1O. The molecule has 0 bridgehead atoms. The van der Waals surface area contributed by atoms with Gasteiger partial charge in [0.15, 0.2) is 0 Å². The second-order valence-electron chi connectivity index (χ2n) is 3.94. The number of para-hydroxylation sites is 1. The van der Waals surface area contributed by atoms with Gasteiger partial charge in [-0.25, -0.2) is 0 Å². The number of Topliss-reactive ketones (excluding diaryl/α,β-unsaturated/α-hetero) is 1. The number of allylic oxidation sites excluding steroid dienone is 2. The molecule has 2 rings (SSSR count). The van der Waals surface area contributed by atoms with Crippen LogP contribution in [0, 0.1) is 0 Å². The van der Waals surface area contributed by atoms with Crippen molar-refractivity contribution in [2.45, 2.75) is 25.7 Å². The van der Waals surface area contributed by atoms with Crippen LogP contribution in [-0.4, -0.2) is 10.9 Å². The van der Waals surface area contributed by atoms with Crippen LogP contribution in [0.3, 0.4) is 0 Å². The molecule has 2 nitrogen and oxygen atoms in total. The van der Waals surface area contributed by atoms with Gasteiger partial charge in [-0.3, -0.25) is 4.79 Å². The van der Waals surface area contributed by atoms with Gasteiger partial charge in [0.2, 0.25) is 0 Å². The van der Waals surface area contributed by atoms with E-state index in [1.807, 2.05) is 19.1 Å². The van der Waals surface area contributed by atoms with Gasteiger partial charge in [-0.1, -0.05) is 29.8 Å². The van der Waals surface area contributed by atoms with Crippen molar-refractivity contribution >= 4 is 5.78 Å². The number of hydrogen-bond acceptors (Lipinski definition) is 2. The highest BCUT2D eigenvalue weighted by molar-refractivity contribution is 5.90. The molecule has 0 saturated heterocycles. The molecule has 0 saturated carbocycles. The molecule has 0 amide bonds. The fourth-order valence-electron chi connectivity index (χ4n) is 2.11. The fraction of sp³-hybridized carbons (Fsp3) is 0.308. The van der Waals surface area contributed by atoms with E-state index in [0.29, 0.717) is 6.42 Å². The Labute approximate surface area is 89.2 Å². The van der Waals surface area contributed by atoms with Crippen molar-refractivity contribution in [3.63, 3.8) is 0 Å². The van der Waals surface area contributed by atoms with Crippen LogP contribution >= 0.6 is 0 Å². The maximum Gasteiger partial charge on any atom is 0.144 e. The second kappa shape index (κ2) is 3.89. The van der Waals surface area contributed by atoms with Gasteiger partial charge in [-0.15, -0.1) is 0 Å². The van der Waals surface area contributed by atoms with Gasteiger partial charge >= 0.3 is 0 Å². The maximum atomic E-state index is 11.8. The van der Waals surface area contributed by atoms with Crippen LogP contribution < -0.4 is 0 Å². The van der Waals surface area contributed by atoms with E-state index in [0.717, 1.165) is 17.6 Å². The van der Waals surface area contributed by atoms with E-state index in [1.54, 1.807) is 12.1 Å². The third-order valence-electron chi connectivity index (χ3n) is 2.88. The molecule has 1 aliphatic carbocycles. The van der Waals surface area contributed by atoms with Crippen molar-refractivity contribution in [3.8, 4) is 5.75 Å². The van der Waals surface area contributed by atoms with E-state index >= 15 is 0 Å². The average molecular weight is 202 g/mol. The summed E-state index contributed by atoms with van der Waals surface area (Å²) in [5.41, 5.74) is 1.78. The van der Waals surface area contributed by atoms with Crippen LogP contribution in [0.25, 0.3) is 0 Å². The lowest BCUT2D eigenvalue weighted by Crippen LogP contribution is -2.17. The highest BCUT2D eigenvalue weighted by Gasteiger charge is 2.26. The van der Waals surface area contributed by atoms with Crippen LogP contribution in [0.2, 0.25) is 0 Å². The van der Waals surface area contributed by atoms with Crippen LogP contribution in [0.4, 0.5) is 0 Å². The lowest BCUT2D eigenvalue weighted by Gasteiger charge is -2.21. The molecule has 1 atom stereocenters. The normalized spacial score (nSPS) is 21.3. The van der Waals surface area contributed by atoms with E-state index in [-0.39, 0.29) is 17.5 Å². The first-order valence-corrected chi connectivity index (χ1v) is 5.17. The van der Waals surface area contributed by atoms with Crippen LogP contribution in [0.15, 0.2) is 35.9 Å². The Morgan fingerprint density at radius 3 is 2.73 bits per heavy atom. The van der Waals surface area contributed by atoms with Gasteiger partial charge in [0.05, 0.1) is 5.92 Å². The Hall–Kier alpha value is -1.57. The Morgan fingerprint density at radius 2 is 2.07 bits per heavy atom. The molecule has 0 aromatic heterocycles. The molecule has 2 heteroatoms. The topological polar surface area (TPSA) is 37.3 Å². The smallest absolute Gasteiger partial charge is 0.144 e. The monoisotopic (exact) mass is 202 g/mol. The molecule has 0 fully saturated rings. The molecule has 15 heavy (non-hydrogen) atoms. The van der Waals surface area contributed by atoms with Crippen LogP contribution in [-0.2, 0) is 4.79 Å². The lowest BCUT2D eigenvalue weighted by atomic mass is 9.82. The molecule has 78 valence electrons. The van der Waals surface area contributed by atoms with Crippen LogP contribution in [0.1, 0.15) is 31.2 Å². The number of carbonyl (C=O) groups excluding carboxylic acids is 1. The van der Waals surface area contributed by atoms with Gasteiger partial charge in [-0.2, -0.15) is 0 Å². The van der Waals surface area contributed by atoms with Gasteiger partial charge in [-0.05, 0) is 19.4 Å². The lowest BCUT2D eigenvalue weighted by molar-refractivity contribution is -0.120. The summed E-state index contributed by atoms with van der Waals surface area (Å²) in [5, 5.41) is 9.72. The standard InChI is InChI=1S/C13H14O2/c1-9-5-4-8-12(15)13(9)10-6-2-3-7-11(10)14/h2-3,5-7,13-14H,4,8H2,1H3. The number of aromatic hydroxyl groups is 1. The zero-order chi connectivity index (χ0) is 10.8. The third-order valence-corrected chi connectivity index (χ3v) is 2.88. The predicted molar refractivity (Wildman–Crippen MR) is 58.8 cm³/mol. The Kier molecular flexibility index (Phi) is 2.58. The number of benzene rings is 1. The predicted octanol–water partition coefficient (Wildman–Crippen LogP) is 2.79. The summed E-state index contributed by atoms with van der Waals surface area (Å²) in [5.74, 6) is 0.182. The molecule has 1 aromatic rings. The minimum atomic E-state index is -0.236. The fourth-order valence-corrected chi connectivity index (χ4v) is 2.11. The summed E-state index contributed by atoms with van der Waals surface area (Å²) < 4.78 is 0. The number of phenols is 1. The van der Waals surface area contributed by atoms with Gasteiger partial charge in [0, 0.05) is 12.0 Å². The van der Waals surface area contributed by atoms with Crippen molar-refractivity contribution in [2.75, 3.05) is 0 Å². The minimum Gasteiger partial charge on any atom is -0.508 e. The number of rotatable bonds is 1. The Morgan fingerprint density at radius 1 is 1.33 bits per heavy atom. The Balaban J connectivity index is 2.45. The molecular weight excluding hydrogens is 188 g/mol. The summed E-state index contributed by atoms with van der Waals surface area (Å²) >= 11 is 0. The third kappa shape index (κ3) is 1.80. The van der Waals surface area contributed by atoms with E-state index in [2.05, 4.69) is 6.08 Å². The largest absolute Gasteiger partial charge is 0.508 e. The Bertz CT molecular complexity index is 418. The van der Waals surface area contributed by atoms with E-state index < -0.39 is 0 Å². The maximum absolute atomic E-state index is 11.8. The number of carbonyl (C=O) groups is 1. The summed E-state index contributed by atoms with van der Waals surface area (Å²) in [4.78, 5) is 11.8. The quantitative estimate of drug-likeness (QED) is 0.711. The molecule has 0 heterocycles. The summed E-state index contributed by atoms with van der Waals surface area (Å²) in [7, 11) is 0. The number of ketones is 1. The average Bonchev–Trinajstić information content (AvgIpc) is 2.20. The first-order chi connectivity index (χ1) is 7.20. The molecule has 0 spiro atoms. The first-order valence-electron chi connectivity index (χ1n) is 5.17. The zero-order valence-corrected chi connectivity index (χ0v) is 8.73. The summed E-state index contributed by atoms with van der Waals surface area (Å²) in [6.45, 7) is 1.95. The van der Waals surface area contributed by atoms with Crippen molar-refractivity contribution in [1.82, 2.24) is 0 Å². The molecular formula is C13H14O2. The highest BCUT2D eigenvalue weighted by atomic mass is 16.3. The molecule has 1 unspecified atom stereocenters. The van der Waals surface area contributed by atoms with Gasteiger partial charge in [0.1, 0.15) is 11.5 Å². The second-order valence-corrected chi connectivity index (χ2v) is 3.94. The van der Waals surface area contributed by atoms with Crippen molar-refractivity contribution in [1.29, 1.82) is 0 Å². The van der Waals surface area contributed by atoms with Crippen molar-refractivity contribution < 1.29 is 9.90 Å². The van der Waals surface area contributed by atoms with Gasteiger partial charge < -0.3 is 5.11 Å². The van der Waals surface area contributed by atoms with Crippen molar-refractivity contribution in [2.24, 2.45) is 0 Å². The molecule has 1 aromatic carbocycles. The van der Waals surface area contributed by atoms with Crippen LogP contribution in [0.5, 0.6) is 5.75 Å². The highest BCUT2D eigenvalue weighted by Crippen LogP contribution is 2.35. The van der Waals surface area contributed by atoms with E-state index in [1.165, 1.54) is 0 Å². The molecule has 0 radical (unpaired) electrons. The molecule has 1 aliphatic rings. The number of phenolic OH excluding ortho intramolecular Hbond substituents is 1. The van der Waals surface area contributed by atoms with E-state index in [4.69, 9.17) is 0 Å². The minimum absolute atomic E-state index is 0.205. The zero-order valence-electron chi connectivity index (χ0n) is 8.73. The summed E-state index contributed by atoms with van der Waals surface area (Å²) in [6, 6.07) is 7.07. The van der Waals surface area contributed by atoms with Gasteiger partial charge in [0.25, 0.3) is 0 Å².